The van der Waals surface area contributed by atoms with Crippen LogP contribution in [0.2, 0.25) is 0 Å². The van der Waals surface area contributed by atoms with Crippen LogP contribution in [0.4, 0.5) is 5.95 Å². The molecule has 0 spiro atoms. The molecule has 3 aromatic carbocycles. The topological polar surface area (TPSA) is 83.8 Å². The van der Waals surface area contributed by atoms with Gasteiger partial charge in [0.15, 0.2) is 0 Å². The van der Waals surface area contributed by atoms with Gasteiger partial charge in [-0.1, -0.05) is 42.5 Å². The Morgan fingerprint density at radius 1 is 0.929 bits per heavy atom. The second-order valence-corrected chi connectivity index (χ2v) is 7.39. The lowest BCUT2D eigenvalue weighted by Gasteiger charge is -2.09. The van der Waals surface area contributed by atoms with Gasteiger partial charge >= 0.3 is 0 Å². The first-order valence-corrected chi connectivity index (χ1v) is 9.59. The predicted molar refractivity (Wildman–Crippen MR) is 111 cm³/mol. The van der Waals surface area contributed by atoms with Crippen molar-refractivity contribution in [3.8, 4) is 17.0 Å². The summed E-state index contributed by atoms with van der Waals surface area (Å²) in [5, 5.41) is 24.6. The number of nitrogens with zero attached hydrogens (tertiary/aromatic N) is 4. The number of para-hydroxylation sites is 1. The Labute approximate surface area is 164 Å². The molecule has 0 bridgehead atoms. The van der Waals surface area contributed by atoms with Crippen molar-refractivity contribution >= 4 is 38.3 Å². The van der Waals surface area contributed by atoms with E-state index in [4.69, 9.17) is 0 Å². The zero-order valence-corrected chi connectivity index (χ0v) is 15.5. The third kappa shape index (κ3) is 3.01. The van der Waals surface area contributed by atoms with E-state index in [0.717, 1.165) is 26.0 Å². The maximum atomic E-state index is 10.4. The van der Waals surface area contributed by atoms with Gasteiger partial charge in [-0.25, -0.2) is 9.97 Å². The van der Waals surface area contributed by atoms with E-state index >= 15 is 0 Å². The van der Waals surface area contributed by atoms with Crippen LogP contribution in [0.1, 0.15) is 5.01 Å². The summed E-state index contributed by atoms with van der Waals surface area (Å²) < 4.78 is 1.15. The Balaban J connectivity index is 1.46. The SMILES string of the molecule is Oc1ccc2ccccc2c1-c1cnnc(NCc2nc3ccccc3s2)n1. The molecule has 0 aliphatic carbocycles. The van der Waals surface area contributed by atoms with Gasteiger partial charge in [-0.3, -0.25) is 0 Å². The smallest absolute Gasteiger partial charge is 0.243 e. The van der Waals surface area contributed by atoms with Gasteiger partial charge in [0.25, 0.3) is 0 Å². The van der Waals surface area contributed by atoms with Gasteiger partial charge in [-0.05, 0) is 29.0 Å². The number of fused-ring (bicyclic) bond motifs is 2. The van der Waals surface area contributed by atoms with Crippen molar-refractivity contribution in [1.29, 1.82) is 0 Å². The minimum absolute atomic E-state index is 0.163. The van der Waals surface area contributed by atoms with Crippen LogP contribution in [-0.4, -0.2) is 25.3 Å². The summed E-state index contributed by atoms with van der Waals surface area (Å²) in [4.78, 5) is 9.16. The number of phenolic OH excluding ortho intramolecular Hbond substituents is 1. The first kappa shape index (κ1) is 16.6. The molecule has 6 nitrogen and oxygen atoms in total. The second-order valence-electron chi connectivity index (χ2n) is 6.27. The Morgan fingerprint density at radius 3 is 2.71 bits per heavy atom. The van der Waals surface area contributed by atoms with Crippen LogP contribution in [0, 0.1) is 0 Å². The molecule has 0 aliphatic rings. The standard InChI is InChI=1S/C21H15N5OS/c27-17-10-9-13-5-1-2-6-14(13)20(17)16-11-23-26-21(25-16)22-12-19-24-15-7-3-4-8-18(15)28-19/h1-11,27H,12H2,(H,22,25,26). The van der Waals surface area contributed by atoms with Gasteiger partial charge in [-0.2, -0.15) is 5.10 Å². The molecule has 0 unspecified atom stereocenters. The van der Waals surface area contributed by atoms with E-state index in [1.165, 1.54) is 0 Å². The molecule has 28 heavy (non-hydrogen) atoms. The number of hydrogen-bond acceptors (Lipinski definition) is 7. The number of phenols is 1. The zero-order chi connectivity index (χ0) is 18.9. The fraction of sp³-hybridized carbons (Fsp3) is 0.0476. The summed E-state index contributed by atoms with van der Waals surface area (Å²) in [7, 11) is 0. The van der Waals surface area contributed by atoms with Crippen molar-refractivity contribution in [2.45, 2.75) is 6.54 Å². The number of nitrogens with one attached hydrogen (secondary N) is 1. The average molecular weight is 385 g/mol. The van der Waals surface area contributed by atoms with Crippen LogP contribution in [0.3, 0.4) is 0 Å². The minimum atomic E-state index is 0.163. The number of hydrogen-bond donors (Lipinski definition) is 2. The Bertz CT molecular complexity index is 1270. The molecule has 0 fully saturated rings. The first-order valence-electron chi connectivity index (χ1n) is 8.77. The molecule has 0 saturated heterocycles. The molecule has 0 atom stereocenters. The maximum absolute atomic E-state index is 10.4. The predicted octanol–water partition coefficient (Wildman–Crippen LogP) is 4.62. The Hall–Kier alpha value is -3.58. The van der Waals surface area contributed by atoms with E-state index in [1.807, 2.05) is 48.5 Å². The number of thiazole rings is 1. The molecule has 2 heterocycles. The highest BCUT2D eigenvalue weighted by atomic mass is 32.1. The van der Waals surface area contributed by atoms with Crippen molar-refractivity contribution in [3.63, 3.8) is 0 Å². The van der Waals surface area contributed by atoms with Crippen LogP contribution >= 0.6 is 11.3 Å². The highest BCUT2D eigenvalue weighted by Gasteiger charge is 2.13. The van der Waals surface area contributed by atoms with Gasteiger partial charge in [0.2, 0.25) is 5.95 Å². The molecular formula is C21H15N5OS. The highest BCUT2D eigenvalue weighted by Crippen LogP contribution is 2.35. The minimum Gasteiger partial charge on any atom is -0.507 e. The first-order chi connectivity index (χ1) is 13.8. The van der Waals surface area contributed by atoms with E-state index < -0.39 is 0 Å². The lowest BCUT2D eigenvalue weighted by atomic mass is 10.0. The number of rotatable bonds is 4. The van der Waals surface area contributed by atoms with Crippen LogP contribution < -0.4 is 5.32 Å². The molecule has 5 rings (SSSR count). The lowest BCUT2D eigenvalue weighted by Crippen LogP contribution is -2.05. The van der Waals surface area contributed by atoms with Crippen LogP contribution in [0.15, 0.2) is 66.9 Å². The van der Waals surface area contributed by atoms with Crippen molar-refractivity contribution in [1.82, 2.24) is 20.2 Å². The zero-order valence-electron chi connectivity index (χ0n) is 14.7. The van der Waals surface area contributed by atoms with E-state index in [0.29, 0.717) is 23.8 Å². The highest BCUT2D eigenvalue weighted by molar-refractivity contribution is 7.18. The molecule has 0 aliphatic heterocycles. The second kappa shape index (κ2) is 6.86. The Kier molecular flexibility index (Phi) is 4.06. The van der Waals surface area contributed by atoms with Gasteiger partial charge in [0.1, 0.15) is 10.8 Å². The third-order valence-corrected chi connectivity index (χ3v) is 5.49. The summed E-state index contributed by atoms with van der Waals surface area (Å²) in [5.41, 5.74) is 2.20. The number of aromatic hydroxyl groups is 1. The van der Waals surface area contributed by atoms with Gasteiger partial charge in [0.05, 0.1) is 34.2 Å². The monoisotopic (exact) mass is 385 g/mol. The molecule has 136 valence electrons. The molecule has 2 N–H and O–H groups in total. The molecular weight excluding hydrogens is 370 g/mol. The number of anilines is 1. The average Bonchev–Trinajstić information content (AvgIpc) is 3.15. The van der Waals surface area contributed by atoms with Crippen molar-refractivity contribution in [2.75, 3.05) is 5.32 Å². The van der Waals surface area contributed by atoms with Crippen molar-refractivity contribution < 1.29 is 5.11 Å². The molecule has 0 amide bonds. The summed E-state index contributed by atoms with van der Waals surface area (Å²) in [5.74, 6) is 0.556. The van der Waals surface area contributed by atoms with E-state index in [1.54, 1.807) is 23.6 Å². The Morgan fingerprint density at radius 2 is 1.79 bits per heavy atom. The van der Waals surface area contributed by atoms with Gasteiger partial charge in [0, 0.05) is 0 Å². The van der Waals surface area contributed by atoms with E-state index in [2.05, 4.69) is 31.5 Å². The maximum Gasteiger partial charge on any atom is 0.243 e. The van der Waals surface area contributed by atoms with Crippen LogP contribution in [-0.2, 0) is 6.54 Å². The number of aromatic nitrogens is 4. The van der Waals surface area contributed by atoms with Crippen LogP contribution in [0.5, 0.6) is 5.75 Å². The largest absolute Gasteiger partial charge is 0.507 e. The summed E-state index contributed by atoms with van der Waals surface area (Å²) in [6.45, 7) is 0.506. The normalized spacial score (nSPS) is 11.1. The molecule has 7 heteroatoms. The lowest BCUT2D eigenvalue weighted by molar-refractivity contribution is 0.478. The third-order valence-electron chi connectivity index (χ3n) is 4.46. The molecule has 5 aromatic rings. The summed E-state index contributed by atoms with van der Waals surface area (Å²) >= 11 is 1.63. The van der Waals surface area contributed by atoms with Gasteiger partial charge < -0.3 is 10.4 Å². The van der Waals surface area contributed by atoms with Crippen molar-refractivity contribution in [2.24, 2.45) is 0 Å². The molecule has 0 saturated carbocycles. The van der Waals surface area contributed by atoms with E-state index in [-0.39, 0.29) is 5.75 Å². The summed E-state index contributed by atoms with van der Waals surface area (Å²) in [6, 6.07) is 19.5. The van der Waals surface area contributed by atoms with Crippen molar-refractivity contribution in [3.05, 3.63) is 71.9 Å². The van der Waals surface area contributed by atoms with Gasteiger partial charge in [-0.15, -0.1) is 16.4 Å². The quantitative estimate of drug-likeness (QED) is 0.470. The molecule has 2 aromatic heterocycles. The fourth-order valence-corrected chi connectivity index (χ4v) is 4.09. The molecule has 0 radical (unpaired) electrons. The van der Waals surface area contributed by atoms with Crippen LogP contribution in [0.25, 0.3) is 32.2 Å². The number of benzene rings is 3. The summed E-state index contributed by atoms with van der Waals surface area (Å²) in [6.07, 6.45) is 1.56. The fourth-order valence-electron chi connectivity index (χ4n) is 3.18. The van der Waals surface area contributed by atoms with E-state index in [9.17, 15) is 5.11 Å².